The normalized spacial score (nSPS) is 20.2. The fourth-order valence-corrected chi connectivity index (χ4v) is 2.40. The molecular formula is C13H28N2O. The molecule has 1 saturated heterocycles. The van der Waals surface area contributed by atoms with Gasteiger partial charge in [0.2, 0.25) is 0 Å². The SMILES string of the molecule is CCCCC(N)CN(C)CC1CCOCC1. The van der Waals surface area contributed by atoms with Crippen LogP contribution < -0.4 is 5.73 Å². The van der Waals surface area contributed by atoms with Crippen LogP contribution in [-0.4, -0.2) is 44.3 Å². The average Bonchev–Trinajstić information content (AvgIpc) is 2.27. The van der Waals surface area contributed by atoms with Gasteiger partial charge in [-0.05, 0) is 32.2 Å². The molecule has 1 aliphatic heterocycles. The van der Waals surface area contributed by atoms with Crippen molar-refractivity contribution in [3.63, 3.8) is 0 Å². The number of nitrogens with zero attached hydrogens (tertiary/aromatic N) is 1. The summed E-state index contributed by atoms with van der Waals surface area (Å²) < 4.78 is 5.37. The van der Waals surface area contributed by atoms with Crippen LogP contribution in [-0.2, 0) is 4.74 Å². The third-order valence-electron chi connectivity index (χ3n) is 3.39. The molecule has 0 spiro atoms. The lowest BCUT2D eigenvalue weighted by Crippen LogP contribution is -2.38. The van der Waals surface area contributed by atoms with Gasteiger partial charge in [-0.15, -0.1) is 0 Å². The minimum atomic E-state index is 0.352. The summed E-state index contributed by atoms with van der Waals surface area (Å²) in [6.07, 6.45) is 6.10. The first-order chi connectivity index (χ1) is 7.72. The quantitative estimate of drug-likeness (QED) is 0.723. The number of likely N-dealkylation sites (N-methyl/N-ethyl adjacent to an activating group) is 1. The van der Waals surface area contributed by atoms with Gasteiger partial charge >= 0.3 is 0 Å². The molecule has 0 bridgehead atoms. The Labute approximate surface area is 100 Å². The van der Waals surface area contributed by atoms with E-state index < -0.39 is 0 Å². The summed E-state index contributed by atoms with van der Waals surface area (Å²) in [4.78, 5) is 2.40. The van der Waals surface area contributed by atoms with Crippen molar-refractivity contribution < 1.29 is 4.74 Å². The van der Waals surface area contributed by atoms with Crippen molar-refractivity contribution in [1.29, 1.82) is 0 Å². The van der Waals surface area contributed by atoms with Crippen LogP contribution in [0.5, 0.6) is 0 Å². The summed E-state index contributed by atoms with van der Waals surface area (Å²) in [6.45, 7) is 6.33. The predicted octanol–water partition coefficient (Wildman–Crippen LogP) is 1.86. The largest absolute Gasteiger partial charge is 0.381 e. The van der Waals surface area contributed by atoms with Gasteiger partial charge in [-0.25, -0.2) is 0 Å². The zero-order chi connectivity index (χ0) is 11.8. The van der Waals surface area contributed by atoms with Gasteiger partial charge in [-0.3, -0.25) is 0 Å². The second kappa shape index (κ2) is 8.04. The molecule has 0 radical (unpaired) electrons. The van der Waals surface area contributed by atoms with Crippen molar-refractivity contribution in [1.82, 2.24) is 4.90 Å². The Morgan fingerprint density at radius 2 is 2.06 bits per heavy atom. The Balaban J connectivity index is 2.11. The Morgan fingerprint density at radius 1 is 1.38 bits per heavy atom. The van der Waals surface area contributed by atoms with Crippen LogP contribution >= 0.6 is 0 Å². The van der Waals surface area contributed by atoms with E-state index >= 15 is 0 Å². The maximum Gasteiger partial charge on any atom is 0.0469 e. The number of hydrogen-bond acceptors (Lipinski definition) is 3. The molecule has 16 heavy (non-hydrogen) atoms. The first-order valence-electron chi connectivity index (χ1n) is 6.74. The maximum atomic E-state index is 6.10. The maximum absolute atomic E-state index is 6.10. The molecule has 0 aliphatic carbocycles. The smallest absolute Gasteiger partial charge is 0.0469 e. The predicted molar refractivity (Wildman–Crippen MR) is 68.5 cm³/mol. The molecule has 0 aromatic heterocycles. The molecule has 1 heterocycles. The third-order valence-corrected chi connectivity index (χ3v) is 3.39. The van der Waals surface area contributed by atoms with Crippen LogP contribution in [0.1, 0.15) is 39.0 Å². The molecule has 1 fully saturated rings. The standard InChI is InChI=1S/C13H28N2O/c1-3-4-5-13(14)11-15(2)10-12-6-8-16-9-7-12/h12-13H,3-11,14H2,1-2H3. The molecule has 96 valence electrons. The fraction of sp³-hybridized carbons (Fsp3) is 1.00. The number of rotatable bonds is 7. The monoisotopic (exact) mass is 228 g/mol. The van der Waals surface area contributed by atoms with Crippen LogP contribution in [0.4, 0.5) is 0 Å². The second-order valence-electron chi connectivity index (χ2n) is 5.18. The van der Waals surface area contributed by atoms with E-state index in [-0.39, 0.29) is 0 Å². The zero-order valence-corrected chi connectivity index (χ0v) is 11.0. The highest BCUT2D eigenvalue weighted by Crippen LogP contribution is 2.15. The summed E-state index contributed by atoms with van der Waals surface area (Å²) in [5, 5.41) is 0. The van der Waals surface area contributed by atoms with Crippen LogP contribution in [0.3, 0.4) is 0 Å². The van der Waals surface area contributed by atoms with E-state index in [1.807, 2.05) is 0 Å². The molecule has 0 aromatic carbocycles. The Kier molecular flexibility index (Phi) is 7.01. The van der Waals surface area contributed by atoms with E-state index in [1.165, 1.54) is 32.2 Å². The van der Waals surface area contributed by atoms with Crippen molar-refractivity contribution >= 4 is 0 Å². The molecule has 1 unspecified atom stereocenters. The van der Waals surface area contributed by atoms with Gasteiger partial charge < -0.3 is 15.4 Å². The molecule has 2 N–H and O–H groups in total. The highest BCUT2D eigenvalue weighted by molar-refractivity contribution is 4.71. The lowest BCUT2D eigenvalue weighted by molar-refractivity contribution is 0.0550. The molecular weight excluding hydrogens is 200 g/mol. The zero-order valence-electron chi connectivity index (χ0n) is 11.0. The number of unbranched alkanes of at least 4 members (excludes halogenated alkanes) is 1. The van der Waals surface area contributed by atoms with Crippen molar-refractivity contribution in [2.24, 2.45) is 11.7 Å². The van der Waals surface area contributed by atoms with Gasteiger partial charge in [0.1, 0.15) is 0 Å². The van der Waals surface area contributed by atoms with Crippen molar-refractivity contribution in [2.75, 3.05) is 33.4 Å². The molecule has 0 aromatic rings. The lowest BCUT2D eigenvalue weighted by Gasteiger charge is -2.28. The van der Waals surface area contributed by atoms with Crippen LogP contribution in [0.2, 0.25) is 0 Å². The van der Waals surface area contributed by atoms with E-state index in [1.54, 1.807) is 0 Å². The molecule has 1 atom stereocenters. The molecule has 3 heteroatoms. The molecule has 0 amide bonds. The summed E-state index contributed by atoms with van der Waals surface area (Å²) >= 11 is 0. The topological polar surface area (TPSA) is 38.5 Å². The summed E-state index contributed by atoms with van der Waals surface area (Å²) in [7, 11) is 2.20. The van der Waals surface area contributed by atoms with Gasteiger partial charge in [0, 0.05) is 32.3 Å². The Hall–Kier alpha value is -0.120. The van der Waals surface area contributed by atoms with Gasteiger partial charge in [0.15, 0.2) is 0 Å². The van der Waals surface area contributed by atoms with E-state index in [9.17, 15) is 0 Å². The third kappa shape index (κ3) is 5.83. The van der Waals surface area contributed by atoms with Gasteiger partial charge in [0.05, 0.1) is 0 Å². The van der Waals surface area contributed by atoms with Crippen molar-refractivity contribution in [3.8, 4) is 0 Å². The minimum Gasteiger partial charge on any atom is -0.381 e. The van der Waals surface area contributed by atoms with Gasteiger partial charge in [-0.1, -0.05) is 19.8 Å². The van der Waals surface area contributed by atoms with Gasteiger partial charge in [0.25, 0.3) is 0 Å². The number of hydrogen-bond donors (Lipinski definition) is 1. The molecule has 3 nitrogen and oxygen atoms in total. The van der Waals surface area contributed by atoms with Crippen LogP contribution in [0, 0.1) is 5.92 Å². The van der Waals surface area contributed by atoms with Crippen LogP contribution in [0.25, 0.3) is 0 Å². The van der Waals surface area contributed by atoms with E-state index in [4.69, 9.17) is 10.5 Å². The number of nitrogens with two attached hydrogens (primary N) is 1. The van der Waals surface area contributed by atoms with E-state index in [0.717, 1.165) is 32.1 Å². The second-order valence-corrected chi connectivity index (χ2v) is 5.18. The van der Waals surface area contributed by atoms with Gasteiger partial charge in [-0.2, -0.15) is 0 Å². The van der Waals surface area contributed by atoms with Crippen LogP contribution in [0.15, 0.2) is 0 Å². The van der Waals surface area contributed by atoms with E-state index in [0.29, 0.717) is 6.04 Å². The molecule has 0 saturated carbocycles. The summed E-state index contributed by atoms with van der Waals surface area (Å²) in [5.74, 6) is 0.817. The summed E-state index contributed by atoms with van der Waals surface area (Å²) in [5.41, 5.74) is 6.10. The fourth-order valence-electron chi connectivity index (χ4n) is 2.40. The Bertz CT molecular complexity index is 169. The highest BCUT2D eigenvalue weighted by Gasteiger charge is 2.16. The first-order valence-corrected chi connectivity index (χ1v) is 6.74. The van der Waals surface area contributed by atoms with E-state index in [2.05, 4.69) is 18.9 Å². The van der Waals surface area contributed by atoms with Crippen molar-refractivity contribution in [3.05, 3.63) is 0 Å². The summed E-state index contributed by atoms with van der Waals surface area (Å²) in [6, 6.07) is 0.352. The Morgan fingerprint density at radius 3 is 2.69 bits per heavy atom. The first kappa shape index (κ1) is 13.9. The average molecular weight is 228 g/mol. The molecule has 1 aliphatic rings. The highest BCUT2D eigenvalue weighted by atomic mass is 16.5. The lowest BCUT2D eigenvalue weighted by atomic mass is 9.99. The van der Waals surface area contributed by atoms with Crippen molar-refractivity contribution in [2.45, 2.75) is 45.1 Å². The molecule has 1 rings (SSSR count). The number of ether oxygens (including phenoxy) is 1. The minimum absolute atomic E-state index is 0.352.